The average molecular weight is 886 g/mol. The second kappa shape index (κ2) is 16.6. The van der Waals surface area contributed by atoms with Crippen molar-refractivity contribution in [3.05, 3.63) is 106 Å². The van der Waals surface area contributed by atoms with Crippen molar-refractivity contribution in [3.8, 4) is 22.8 Å². The van der Waals surface area contributed by atoms with Crippen LogP contribution in [0.4, 0.5) is 36.2 Å². The molecule has 0 unspecified atom stereocenters. The van der Waals surface area contributed by atoms with E-state index in [9.17, 15) is 22.8 Å². The number of aromatic nitrogens is 12. The van der Waals surface area contributed by atoms with Gasteiger partial charge in [0.2, 0.25) is 5.82 Å². The Morgan fingerprint density at radius 2 is 1.05 bits per heavy atom. The van der Waals surface area contributed by atoms with Crippen LogP contribution in [0.1, 0.15) is 64.5 Å². The van der Waals surface area contributed by atoms with Gasteiger partial charge in [-0.15, -0.1) is 0 Å². The number of alkyl halides is 3. The summed E-state index contributed by atoms with van der Waals surface area (Å²) in [6, 6.07) is 10.6. The molecule has 6 aromatic heterocycles. The first-order chi connectivity index (χ1) is 29.3. The van der Waals surface area contributed by atoms with Gasteiger partial charge in [-0.1, -0.05) is 68.2 Å². The van der Waals surface area contributed by atoms with E-state index in [4.69, 9.17) is 34.7 Å². The molecular formula is C39H33Cl2F3N16O2. The van der Waals surface area contributed by atoms with Gasteiger partial charge >= 0.3 is 6.18 Å². The molecule has 0 aliphatic rings. The van der Waals surface area contributed by atoms with Gasteiger partial charge in [0.1, 0.15) is 62.8 Å². The fourth-order valence-corrected chi connectivity index (χ4v) is 6.01. The minimum absolute atomic E-state index is 0.00712. The van der Waals surface area contributed by atoms with Gasteiger partial charge in [0.25, 0.3) is 11.8 Å². The van der Waals surface area contributed by atoms with Crippen LogP contribution in [0.5, 0.6) is 0 Å². The first-order valence-corrected chi connectivity index (χ1v) is 18.9. The number of aromatic amines is 2. The van der Waals surface area contributed by atoms with Crippen molar-refractivity contribution in [3.63, 3.8) is 0 Å². The highest BCUT2D eigenvalue weighted by Gasteiger charge is 2.35. The Balaban J connectivity index is 0.000000186. The van der Waals surface area contributed by atoms with E-state index < -0.39 is 23.8 Å². The largest absolute Gasteiger partial charge is 0.451 e. The second-order valence-electron chi connectivity index (χ2n) is 14.6. The van der Waals surface area contributed by atoms with Gasteiger partial charge in [-0.2, -0.15) is 13.2 Å². The highest BCUT2D eigenvalue weighted by Crippen LogP contribution is 2.31. The van der Waals surface area contributed by atoms with E-state index in [0.29, 0.717) is 34.0 Å². The molecule has 0 aliphatic heterocycles. The third-order valence-corrected chi connectivity index (χ3v) is 9.73. The van der Waals surface area contributed by atoms with Gasteiger partial charge in [-0.05, 0) is 37.1 Å². The number of nitrogens with one attached hydrogen (secondary N) is 4. The standard InChI is InChI=1S/C21H21ClN8O.C18H12ClF3N8O/c1-10-5-6-11(7-12(10)28-19(31)15-14(22)16(23)26-9-25-15)17-27-13-8-24-20(21(2,3)4)30-18(13)29-17;1-7-2-3-8(4-9(7)28-16(31)12-11(19)13(23)26-6-25-12)14-27-10-5-24-17(18(20,21)22)30-15(10)29-14/h5-9H,1-4H3,(H,28,31)(H2,23,25,26)(H,24,27,29,30);2-6H,1H3,(H,28,31)(H2,23,25,26)(H,24,27,29,30). The number of nitrogens with two attached hydrogens (primary N) is 2. The molecule has 18 nitrogen and oxygen atoms in total. The lowest BCUT2D eigenvalue weighted by molar-refractivity contribution is -0.144. The van der Waals surface area contributed by atoms with Crippen LogP contribution in [0, 0.1) is 13.8 Å². The van der Waals surface area contributed by atoms with Gasteiger partial charge in [0, 0.05) is 27.9 Å². The quantitative estimate of drug-likeness (QED) is 0.0942. The minimum Gasteiger partial charge on any atom is -0.382 e. The number of anilines is 4. The summed E-state index contributed by atoms with van der Waals surface area (Å²) < 4.78 is 38.5. The molecule has 0 aliphatic carbocycles. The van der Waals surface area contributed by atoms with Crippen molar-refractivity contribution in [1.29, 1.82) is 0 Å². The number of amides is 2. The van der Waals surface area contributed by atoms with E-state index >= 15 is 0 Å². The molecule has 0 saturated heterocycles. The van der Waals surface area contributed by atoms with Gasteiger partial charge in [0.15, 0.2) is 22.7 Å². The summed E-state index contributed by atoms with van der Waals surface area (Å²) in [5.74, 6) is -0.765. The monoisotopic (exact) mass is 884 g/mol. The zero-order chi connectivity index (χ0) is 44.7. The maximum atomic E-state index is 12.8. The fraction of sp³-hybridized carbons (Fsp3) is 0.179. The van der Waals surface area contributed by atoms with Gasteiger partial charge in [-0.3, -0.25) is 9.59 Å². The van der Waals surface area contributed by atoms with Crippen molar-refractivity contribution in [2.75, 3.05) is 22.1 Å². The summed E-state index contributed by atoms with van der Waals surface area (Å²) in [7, 11) is 0. The summed E-state index contributed by atoms with van der Waals surface area (Å²) >= 11 is 12.1. The number of aryl methyl sites for hydroxylation is 2. The summed E-state index contributed by atoms with van der Waals surface area (Å²) in [5.41, 5.74) is 16.3. The lowest BCUT2D eigenvalue weighted by atomic mass is 9.96. The van der Waals surface area contributed by atoms with Crippen LogP contribution < -0.4 is 22.1 Å². The second-order valence-corrected chi connectivity index (χ2v) is 15.3. The van der Waals surface area contributed by atoms with Crippen LogP contribution in [0.2, 0.25) is 10.0 Å². The molecule has 2 amide bonds. The van der Waals surface area contributed by atoms with E-state index in [0.717, 1.165) is 35.0 Å². The van der Waals surface area contributed by atoms with Crippen molar-refractivity contribution in [2.24, 2.45) is 0 Å². The molecule has 23 heteroatoms. The zero-order valence-corrected chi connectivity index (χ0v) is 34.6. The van der Waals surface area contributed by atoms with Gasteiger partial charge in [-0.25, -0.2) is 49.8 Å². The number of carbonyl (C=O) groups excluding carboxylic acids is 2. The fourth-order valence-electron chi connectivity index (χ4n) is 5.64. The van der Waals surface area contributed by atoms with Gasteiger partial charge < -0.3 is 32.1 Å². The molecule has 8 rings (SSSR count). The number of carbonyl (C=O) groups is 2. The molecular weight excluding hydrogens is 852 g/mol. The Bertz CT molecular complexity index is 2840. The first kappa shape index (κ1) is 42.7. The molecule has 8 aromatic rings. The lowest BCUT2D eigenvalue weighted by Gasteiger charge is -2.15. The molecule has 0 spiro atoms. The van der Waals surface area contributed by atoms with Gasteiger partial charge in [0.05, 0.1) is 12.4 Å². The summed E-state index contributed by atoms with van der Waals surface area (Å²) in [5, 5.41) is 5.44. The van der Waals surface area contributed by atoms with Crippen LogP contribution in [0.25, 0.3) is 45.1 Å². The maximum absolute atomic E-state index is 12.8. The van der Waals surface area contributed by atoms with Crippen LogP contribution in [0.15, 0.2) is 61.4 Å². The van der Waals surface area contributed by atoms with E-state index in [-0.39, 0.29) is 55.5 Å². The van der Waals surface area contributed by atoms with E-state index in [1.54, 1.807) is 31.3 Å². The normalized spacial score (nSPS) is 11.6. The predicted octanol–water partition coefficient (Wildman–Crippen LogP) is 7.53. The molecule has 0 radical (unpaired) electrons. The third-order valence-electron chi connectivity index (χ3n) is 8.98. The van der Waals surface area contributed by atoms with Crippen molar-refractivity contribution >= 4 is 80.4 Å². The molecule has 0 atom stereocenters. The number of nitrogen functional groups attached to an aromatic ring is 2. The van der Waals surface area contributed by atoms with Crippen LogP contribution in [-0.4, -0.2) is 71.6 Å². The Hall–Kier alpha value is -7.39. The molecule has 6 heterocycles. The summed E-state index contributed by atoms with van der Waals surface area (Å²) in [4.78, 5) is 71.1. The van der Waals surface area contributed by atoms with Crippen LogP contribution >= 0.6 is 23.2 Å². The topological polar surface area (TPSA) is 271 Å². The average Bonchev–Trinajstić information content (AvgIpc) is 3.85. The Labute approximate surface area is 358 Å². The number of nitrogens with zero attached hydrogens (tertiary/aromatic N) is 10. The number of halogens is 5. The number of rotatable bonds is 6. The van der Waals surface area contributed by atoms with Crippen LogP contribution in [0.3, 0.4) is 0 Å². The van der Waals surface area contributed by atoms with Crippen LogP contribution in [-0.2, 0) is 11.6 Å². The summed E-state index contributed by atoms with van der Waals surface area (Å²) in [6.07, 6.45) is 0.378. The number of fused-ring (bicyclic) bond motifs is 2. The van der Waals surface area contributed by atoms with E-state index in [1.165, 1.54) is 6.33 Å². The highest BCUT2D eigenvalue weighted by molar-refractivity contribution is 6.36. The van der Waals surface area contributed by atoms with Crippen molar-refractivity contribution in [2.45, 2.75) is 46.2 Å². The Morgan fingerprint density at radius 3 is 1.47 bits per heavy atom. The third kappa shape index (κ3) is 9.02. The van der Waals surface area contributed by atoms with Crippen molar-refractivity contribution in [1.82, 2.24) is 59.8 Å². The molecule has 62 heavy (non-hydrogen) atoms. The smallest absolute Gasteiger partial charge is 0.382 e. The first-order valence-electron chi connectivity index (χ1n) is 18.2. The zero-order valence-electron chi connectivity index (χ0n) is 33.1. The maximum Gasteiger partial charge on any atom is 0.451 e. The highest BCUT2D eigenvalue weighted by atomic mass is 35.5. The molecule has 8 N–H and O–H groups in total. The molecule has 0 bridgehead atoms. The van der Waals surface area contributed by atoms with Crippen molar-refractivity contribution < 1.29 is 22.8 Å². The Morgan fingerprint density at radius 1 is 0.629 bits per heavy atom. The summed E-state index contributed by atoms with van der Waals surface area (Å²) in [6.45, 7) is 9.79. The molecule has 0 saturated carbocycles. The molecule has 2 aromatic carbocycles. The molecule has 316 valence electrons. The number of hydrogen-bond acceptors (Lipinski definition) is 14. The van der Waals surface area contributed by atoms with E-state index in [1.807, 2.05) is 45.9 Å². The SMILES string of the molecule is Cc1ccc(-c2nc3nc(C(C)(C)C)ncc3[nH]2)cc1NC(=O)c1ncnc(N)c1Cl.Cc1ccc(-c2nc3nc(C(F)(F)F)ncc3[nH]2)cc1NC(=O)c1ncnc(N)c1Cl. The lowest BCUT2D eigenvalue weighted by Crippen LogP contribution is -2.16. The number of benzene rings is 2. The Kier molecular flexibility index (Phi) is 11.4. The van der Waals surface area contributed by atoms with E-state index in [2.05, 4.69) is 70.4 Å². The predicted molar refractivity (Wildman–Crippen MR) is 226 cm³/mol. The number of imidazole rings is 2. The number of H-pyrrole nitrogens is 2. The molecule has 0 fully saturated rings. The minimum atomic E-state index is -4.68. The number of hydrogen-bond donors (Lipinski definition) is 6.